The van der Waals surface area contributed by atoms with Gasteiger partial charge in [-0.15, -0.1) is 5.10 Å². The van der Waals surface area contributed by atoms with E-state index in [9.17, 15) is 9.90 Å². The lowest BCUT2D eigenvalue weighted by Crippen LogP contribution is -2.34. The van der Waals surface area contributed by atoms with Gasteiger partial charge < -0.3 is 15.2 Å². The molecular weight excluding hydrogens is 272 g/mol. The number of aromatic nitrogens is 3. The molecule has 1 aliphatic heterocycles. The summed E-state index contributed by atoms with van der Waals surface area (Å²) in [5.41, 5.74) is 0.809. The van der Waals surface area contributed by atoms with Crippen molar-refractivity contribution in [1.82, 2.24) is 14.8 Å². The van der Waals surface area contributed by atoms with E-state index in [4.69, 9.17) is 4.74 Å². The molecule has 0 bridgehead atoms. The van der Waals surface area contributed by atoms with Crippen molar-refractivity contribution in [3.8, 4) is 17.1 Å². The van der Waals surface area contributed by atoms with E-state index < -0.39 is 0 Å². The number of phenols is 1. The topological polar surface area (TPSA) is 89.3 Å². The third-order valence-corrected chi connectivity index (χ3v) is 3.32. The van der Waals surface area contributed by atoms with E-state index in [1.54, 1.807) is 35.9 Å². The van der Waals surface area contributed by atoms with Crippen molar-refractivity contribution < 1.29 is 14.6 Å². The SMILES string of the molecule is CCOC(=O)C1CNc2nc(-c3ccc(O)cc3)nn2C1. The van der Waals surface area contributed by atoms with Gasteiger partial charge in [-0.25, -0.2) is 4.68 Å². The maximum absolute atomic E-state index is 11.8. The highest BCUT2D eigenvalue weighted by atomic mass is 16.5. The number of nitrogens with one attached hydrogen (secondary N) is 1. The minimum atomic E-state index is -0.258. The second-order valence-electron chi connectivity index (χ2n) is 4.82. The third kappa shape index (κ3) is 2.67. The first-order chi connectivity index (χ1) is 10.2. The number of hydrogen-bond donors (Lipinski definition) is 2. The Morgan fingerprint density at radius 3 is 2.95 bits per heavy atom. The average molecular weight is 288 g/mol. The van der Waals surface area contributed by atoms with Crippen LogP contribution < -0.4 is 5.32 Å². The Kier molecular flexibility index (Phi) is 3.47. The van der Waals surface area contributed by atoms with Crippen LogP contribution >= 0.6 is 0 Å². The number of benzene rings is 1. The van der Waals surface area contributed by atoms with Crippen molar-refractivity contribution in [2.45, 2.75) is 13.5 Å². The largest absolute Gasteiger partial charge is 0.508 e. The predicted octanol–water partition coefficient (Wildman–Crippen LogP) is 1.26. The summed E-state index contributed by atoms with van der Waals surface area (Å²) in [6.45, 7) is 3.11. The van der Waals surface area contributed by atoms with Crippen LogP contribution in [-0.4, -0.2) is 39.0 Å². The molecule has 1 aromatic carbocycles. The molecular formula is C14H16N4O3. The number of carbonyl (C=O) groups is 1. The number of hydrogen-bond acceptors (Lipinski definition) is 6. The Labute approximate surface area is 121 Å². The number of anilines is 1. The Balaban J connectivity index is 1.81. The summed E-state index contributed by atoms with van der Waals surface area (Å²) in [5.74, 6) is 0.910. The first-order valence-corrected chi connectivity index (χ1v) is 6.82. The van der Waals surface area contributed by atoms with E-state index in [0.29, 0.717) is 31.5 Å². The number of ether oxygens (including phenoxy) is 1. The third-order valence-electron chi connectivity index (χ3n) is 3.32. The van der Waals surface area contributed by atoms with Crippen LogP contribution in [-0.2, 0) is 16.1 Å². The van der Waals surface area contributed by atoms with Gasteiger partial charge in [-0.1, -0.05) is 0 Å². The van der Waals surface area contributed by atoms with Gasteiger partial charge in [-0.05, 0) is 31.2 Å². The second kappa shape index (κ2) is 5.43. The molecule has 7 nitrogen and oxygen atoms in total. The highest BCUT2D eigenvalue weighted by molar-refractivity contribution is 5.73. The Morgan fingerprint density at radius 2 is 2.24 bits per heavy atom. The molecule has 1 unspecified atom stereocenters. The maximum atomic E-state index is 11.8. The summed E-state index contributed by atoms with van der Waals surface area (Å²) in [7, 11) is 0. The lowest BCUT2D eigenvalue weighted by atomic mass is 10.1. The van der Waals surface area contributed by atoms with E-state index in [0.717, 1.165) is 5.56 Å². The quantitative estimate of drug-likeness (QED) is 0.826. The van der Waals surface area contributed by atoms with E-state index in [1.807, 2.05) is 0 Å². The molecule has 2 N–H and O–H groups in total. The fourth-order valence-electron chi connectivity index (χ4n) is 2.24. The zero-order chi connectivity index (χ0) is 14.8. The maximum Gasteiger partial charge on any atom is 0.312 e. The van der Waals surface area contributed by atoms with Crippen molar-refractivity contribution in [1.29, 1.82) is 0 Å². The van der Waals surface area contributed by atoms with Crippen LogP contribution in [0.5, 0.6) is 5.75 Å². The molecule has 110 valence electrons. The summed E-state index contributed by atoms with van der Waals surface area (Å²) in [6.07, 6.45) is 0. The van der Waals surface area contributed by atoms with Gasteiger partial charge in [0, 0.05) is 12.1 Å². The first-order valence-electron chi connectivity index (χ1n) is 6.82. The van der Waals surface area contributed by atoms with E-state index in [1.165, 1.54) is 0 Å². The molecule has 0 aliphatic carbocycles. The number of fused-ring (bicyclic) bond motifs is 1. The summed E-state index contributed by atoms with van der Waals surface area (Å²) < 4.78 is 6.71. The van der Waals surface area contributed by atoms with Crippen LogP contribution in [0.2, 0.25) is 0 Å². The molecule has 3 rings (SSSR count). The van der Waals surface area contributed by atoms with E-state index >= 15 is 0 Å². The second-order valence-corrected chi connectivity index (χ2v) is 4.82. The van der Waals surface area contributed by atoms with E-state index in [2.05, 4.69) is 15.4 Å². The van der Waals surface area contributed by atoms with Gasteiger partial charge in [0.15, 0.2) is 5.82 Å². The molecule has 0 saturated heterocycles. The zero-order valence-electron chi connectivity index (χ0n) is 11.6. The smallest absolute Gasteiger partial charge is 0.312 e. The van der Waals surface area contributed by atoms with Gasteiger partial charge >= 0.3 is 5.97 Å². The van der Waals surface area contributed by atoms with Gasteiger partial charge in [0.2, 0.25) is 5.95 Å². The minimum Gasteiger partial charge on any atom is -0.508 e. The molecule has 1 atom stereocenters. The summed E-state index contributed by atoms with van der Waals surface area (Å²) in [6, 6.07) is 6.67. The fourth-order valence-corrected chi connectivity index (χ4v) is 2.24. The molecule has 0 radical (unpaired) electrons. The summed E-state index contributed by atoms with van der Waals surface area (Å²) in [5, 5.41) is 16.8. The van der Waals surface area contributed by atoms with Gasteiger partial charge in [0.05, 0.1) is 19.1 Å². The number of carbonyl (C=O) groups excluding carboxylic acids is 1. The zero-order valence-corrected chi connectivity index (χ0v) is 11.6. The van der Waals surface area contributed by atoms with Gasteiger partial charge in [-0.3, -0.25) is 4.79 Å². The van der Waals surface area contributed by atoms with E-state index in [-0.39, 0.29) is 17.6 Å². The van der Waals surface area contributed by atoms with Crippen molar-refractivity contribution in [2.24, 2.45) is 5.92 Å². The van der Waals surface area contributed by atoms with Crippen LogP contribution in [0.1, 0.15) is 6.92 Å². The highest BCUT2D eigenvalue weighted by Gasteiger charge is 2.27. The first kappa shape index (κ1) is 13.4. The van der Waals surface area contributed by atoms with Crippen LogP contribution in [0.3, 0.4) is 0 Å². The van der Waals surface area contributed by atoms with Crippen molar-refractivity contribution in [3.05, 3.63) is 24.3 Å². The Morgan fingerprint density at radius 1 is 1.48 bits per heavy atom. The molecule has 1 aliphatic rings. The molecule has 21 heavy (non-hydrogen) atoms. The molecule has 1 aromatic heterocycles. The van der Waals surface area contributed by atoms with Gasteiger partial charge in [-0.2, -0.15) is 4.98 Å². The number of nitrogens with zero attached hydrogens (tertiary/aromatic N) is 3. The summed E-state index contributed by atoms with van der Waals surface area (Å²) in [4.78, 5) is 16.2. The predicted molar refractivity (Wildman–Crippen MR) is 75.7 cm³/mol. The van der Waals surface area contributed by atoms with Crippen molar-refractivity contribution >= 4 is 11.9 Å². The van der Waals surface area contributed by atoms with Crippen molar-refractivity contribution in [3.63, 3.8) is 0 Å². The van der Waals surface area contributed by atoms with Crippen LogP contribution in [0.25, 0.3) is 11.4 Å². The number of rotatable bonds is 3. The highest BCUT2D eigenvalue weighted by Crippen LogP contribution is 2.23. The van der Waals surface area contributed by atoms with Crippen molar-refractivity contribution in [2.75, 3.05) is 18.5 Å². The van der Waals surface area contributed by atoms with Gasteiger partial charge in [0.25, 0.3) is 0 Å². The molecule has 0 spiro atoms. The number of phenolic OH excluding ortho intramolecular Hbond substituents is 1. The Hall–Kier alpha value is -2.57. The van der Waals surface area contributed by atoms with Gasteiger partial charge in [0.1, 0.15) is 5.75 Å². The lowest BCUT2D eigenvalue weighted by molar-refractivity contribution is -0.148. The monoisotopic (exact) mass is 288 g/mol. The minimum absolute atomic E-state index is 0.197. The molecule has 0 amide bonds. The lowest BCUT2D eigenvalue weighted by Gasteiger charge is -2.21. The normalized spacial score (nSPS) is 16.9. The molecule has 2 heterocycles. The van der Waals surface area contributed by atoms with Crippen LogP contribution in [0.4, 0.5) is 5.95 Å². The fraction of sp³-hybridized carbons (Fsp3) is 0.357. The standard InChI is InChI=1S/C14H16N4O3/c1-2-21-13(20)10-7-15-14-16-12(17-18(14)8-10)9-3-5-11(19)6-4-9/h3-6,10,19H,2,7-8H2,1H3,(H,15,16,17). The molecule has 2 aromatic rings. The number of aromatic hydroxyl groups is 1. The Bertz CT molecular complexity index is 651. The number of esters is 1. The van der Waals surface area contributed by atoms with Crippen LogP contribution in [0, 0.1) is 5.92 Å². The summed E-state index contributed by atoms with van der Waals surface area (Å²) >= 11 is 0. The molecule has 0 fully saturated rings. The molecule has 0 saturated carbocycles. The van der Waals surface area contributed by atoms with Crippen LogP contribution in [0.15, 0.2) is 24.3 Å². The molecule has 7 heteroatoms. The average Bonchev–Trinajstić information content (AvgIpc) is 2.91.